The van der Waals surface area contributed by atoms with Crippen LogP contribution in [0.2, 0.25) is 0 Å². The predicted molar refractivity (Wildman–Crippen MR) is 55.4 cm³/mol. The van der Waals surface area contributed by atoms with Crippen molar-refractivity contribution in [3.8, 4) is 0 Å². The number of aliphatic hydroxyl groups is 1. The van der Waals surface area contributed by atoms with E-state index >= 15 is 0 Å². The lowest BCUT2D eigenvalue weighted by molar-refractivity contribution is -0.0203. The van der Waals surface area contributed by atoms with E-state index in [2.05, 4.69) is 0 Å². The molecule has 0 saturated heterocycles. The first-order chi connectivity index (χ1) is 6.93. The van der Waals surface area contributed by atoms with Crippen LogP contribution in [0.5, 0.6) is 0 Å². The first kappa shape index (κ1) is 12.1. The Morgan fingerprint density at radius 1 is 1.27 bits per heavy atom. The van der Waals surface area contributed by atoms with Gasteiger partial charge in [0.1, 0.15) is 11.6 Å². The van der Waals surface area contributed by atoms with E-state index in [0.29, 0.717) is 0 Å². The smallest absolute Gasteiger partial charge is 0.132 e. The Labute approximate surface area is 88.7 Å². The molecule has 0 spiro atoms. The van der Waals surface area contributed by atoms with Gasteiger partial charge in [0.25, 0.3) is 0 Å². The molecule has 1 rings (SSSR count). The lowest BCUT2D eigenvalue weighted by atomic mass is 9.81. The summed E-state index contributed by atoms with van der Waals surface area (Å²) in [6.07, 6.45) is 0.280. The van der Waals surface area contributed by atoms with Gasteiger partial charge >= 0.3 is 0 Å². The van der Waals surface area contributed by atoms with Crippen molar-refractivity contribution >= 4 is 0 Å². The van der Waals surface area contributed by atoms with Gasteiger partial charge < -0.3 is 5.11 Å². The minimum atomic E-state index is -1.44. The van der Waals surface area contributed by atoms with Gasteiger partial charge in [-0.1, -0.05) is 26.8 Å². The SMILES string of the molecule is CCC(O)(c1c(F)cccc1F)C(C)C. The van der Waals surface area contributed by atoms with Crippen LogP contribution in [-0.4, -0.2) is 5.11 Å². The monoisotopic (exact) mass is 214 g/mol. The Balaban J connectivity index is 3.35. The highest BCUT2D eigenvalue weighted by atomic mass is 19.1. The van der Waals surface area contributed by atoms with Gasteiger partial charge in [0, 0.05) is 0 Å². The van der Waals surface area contributed by atoms with Crippen molar-refractivity contribution in [2.45, 2.75) is 32.8 Å². The van der Waals surface area contributed by atoms with Crippen molar-refractivity contribution in [1.29, 1.82) is 0 Å². The molecule has 0 radical (unpaired) electrons. The van der Waals surface area contributed by atoms with Gasteiger partial charge in [-0.2, -0.15) is 0 Å². The Kier molecular flexibility index (Phi) is 3.45. The molecule has 1 nitrogen and oxygen atoms in total. The second-order valence-corrected chi connectivity index (χ2v) is 4.03. The van der Waals surface area contributed by atoms with E-state index in [9.17, 15) is 13.9 Å². The van der Waals surface area contributed by atoms with Gasteiger partial charge in [-0.15, -0.1) is 0 Å². The summed E-state index contributed by atoms with van der Waals surface area (Å²) in [5, 5.41) is 10.3. The molecule has 1 aromatic rings. The second-order valence-electron chi connectivity index (χ2n) is 4.03. The standard InChI is InChI=1S/C12H16F2O/c1-4-12(15,8(2)3)11-9(13)6-5-7-10(11)14/h5-8,15H,4H2,1-3H3. The Morgan fingerprint density at radius 3 is 2.07 bits per heavy atom. The fraction of sp³-hybridized carbons (Fsp3) is 0.500. The third kappa shape index (κ3) is 2.02. The Hall–Kier alpha value is -0.960. The van der Waals surface area contributed by atoms with Crippen molar-refractivity contribution in [2.24, 2.45) is 5.92 Å². The zero-order valence-electron chi connectivity index (χ0n) is 9.22. The van der Waals surface area contributed by atoms with Crippen molar-refractivity contribution in [3.05, 3.63) is 35.4 Å². The van der Waals surface area contributed by atoms with Gasteiger partial charge in [0.05, 0.1) is 11.2 Å². The summed E-state index contributed by atoms with van der Waals surface area (Å²) >= 11 is 0. The van der Waals surface area contributed by atoms with Gasteiger partial charge in [-0.25, -0.2) is 8.78 Å². The molecule has 0 heterocycles. The highest BCUT2D eigenvalue weighted by Gasteiger charge is 2.36. The van der Waals surface area contributed by atoms with Crippen LogP contribution in [0.15, 0.2) is 18.2 Å². The van der Waals surface area contributed by atoms with Crippen molar-refractivity contribution in [3.63, 3.8) is 0 Å². The molecular formula is C12H16F2O. The first-order valence-electron chi connectivity index (χ1n) is 5.10. The maximum absolute atomic E-state index is 13.5. The summed E-state index contributed by atoms with van der Waals surface area (Å²) in [4.78, 5) is 0. The minimum Gasteiger partial charge on any atom is -0.385 e. The summed E-state index contributed by atoms with van der Waals surface area (Å²) in [5.41, 5.74) is -1.65. The van der Waals surface area contributed by atoms with E-state index in [0.717, 1.165) is 0 Å². The van der Waals surface area contributed by atoms with Gasteiger partial charge in [0.2, 0.25) is 0 Å². The molecular weight excluding hydrogens is 198 g/mol. The average molecular weight is 214 g/mol. The Bertz CT molecular complexity index is 329. The van der Waals surface area contributed by atoms with Crippen LogP contribution >= 0.6 is 0 Å². The van der Waals surface area contributed by atoms with E-state index in [1.807, 2.05) is 0 Å². The van der Waals surface area contributed by atoms with Crippen LogP contribution < -0.4 is 0 Å². The van der Waals surface area contributed by atoms with Crippen LogP contribution in [-0.2, 0) is 5.60 Å². The molecule has 1 aromatic carbocycles. The fourth-order valence-corrected chi connectivity index (χ4v) is 1.79. The number of rotatable bonds is 3. The maximum atomic E-state index is 13.5. The molecule has 15 heavy (non-hydrogen) atoms. The summed E-state index contributed by atoms with van der Waals surface area (Å²) in [6.45, 7) is 5.20. The summed E-state index contributed by atoms with van der Waals surface area (Å²) in [6, 6.07) is 3.63. The predicted octanol–water partition coefficient (Wildman–Crippen LogP) is 3.22. The summed E-state index contributed by atoms with van der Waals surface area (Å²) in [5.74, 6) is -1.62. The topological polar surface area (TPSA) is 20.2 Å². The molecule has 0 aliphatic carbocycles. The summed E-state index contributed by atoms with van der Waals surface area (Å²) < 4.78 is 27.0. The van der Waals surface area contributed by atoms with Crippen LogP contribution in [0.1, 0.15) is 32.8 Å². The van der Waals surface area contributed by atoms with Crippen LogP contribution in [0.3, 0.4) is 0 Å². The zero-order chi connectivity index (χ0) is 11.6. The molecule has 0 saturated carbocycles. The third-order valence-corrected chi connectivity index (χ3v) is 2.89. The molecule has 0 fully saturated rings. The van der Waals surface area contributed by atoms with Crippen LogP contribution in [0.25, 0.3) is 0 Å². The van der Waals surface area contributed by atoms with Gasteiger partial charge in [-0.05, 0) is 24.5 Å². The number of hydrogen-bond donors (Lipinski definition) is 1. The molecule has 0 aliphatic heterocycles. The molecule has 1 N–H and O–H groups in total. The number of halogens is 2. The number of hydrogen-bond acceptors (Lipinski definition) is 1. The largest absolute Gasteiger partial charge is 0.385 e. The average Bonchev–Trinajstić information content (AvgIpc) is 2.16. The lowest BCUT2D eigenvalue weighted by Gasteiger charge is -2.32. The number of benzene rings is 1. The van der Waals surface area contributed by atoms with E-state index in [4.69, 9.17) is 0 Å². The van der Waals surface area contributed by atoms with E-state index < -0.39 is 17.2 Å². The van der Waals surface area contributed by atoms with Crippen LogP contribution in [0, 0.1) is 17.6 Å². The molecule has 3 heteroatoms. The molecule has 84 valence electrons. The van der Waals surface area contributed by atoms with Gasteiger partial charge in [-0.3, -0.25) is 0 Å². The molecule has 0 aliphatic rings. The maximum Gasteiger partial charge on any atom is 0.132 e. The van der Waals surface area contributed by atoms with Crippen molar-refractivity contribution in [1.82, 2.24) is 0 Å². The fourth-order valence-electron chi connectivity index (χ4n) is 1.79. The first-order valence-corrected chi connectivity index (χ1v) is 5.10. The Morgan fingerprint density at radius 2 is 1.73 bits per heavy atom. The third-order valence-electron chi connectivity index (χ3n) is 2.89. The molecule has 1 atom stereocenters. The molecule has 0 amide bonds. The normalized spacial score (nSPS) is 15.4. The molecule has 1 unspecified atom stereocenters. The van der Waals surface area contributed by atoms with Crippen LogP contribution in [0.4, 0.5) is 8.78 Å². The van der Waals surface area contributed by atoms with E-state index in [1.165, 1.54) is 18.2 Å². The lowest BCUT2D eigenvalue weighted by Crippen LogP contribution is -2.33. The second kappa shape index (κ2) is 4.27. The minimum absolute atomic E-state index is 0.220. The van der Waals surface area contributed by atoms with Crippen molar-refractivity contribution < 1.29 is 13.9 Å². The summed E-state index contributed by atoms with van der Waals surface area (Å²) in [7, 11) is 0. The highest BCUT2D eigenvalue weighted by Crippen LogP contribution is 2.35. The van der Waals surface area contributed by atoms with E-state index in [1.54, 1.807) is 20.8 Å². The molecule has 0 aromatic heterocycles. The van der Waals surface area contributed by atoms with Gasteiger partial charge in [0.15, 0.2) is 0 Å². The van der Waals surface area contributed by atoms with Crippen molar-refractivity contribution in [2.75, 3.05) is 0 Å². The quantitative estimate of drug-likeness (QED) is 0.819. The highest BCUT2D eigenvalue weighted by molar-refractivity contribution is 5.26. The molecule has 0 bridgehead atoms. The zero-order valence-corrected chi connectivity index (χ0v) is 9.22. The van der Waals surface area contributed by atoms with E-state index in [-0.39, 0.29) is 17.9 Å².